The van der Waals surface area contributed by atoms with Crippen molar-refractivity contribution in [2.45, 2.75) is 6.18 Å². The van der Waals surface area contributed by atoms with Gasteiger partial charge in [-0.2, -0.15) is 13.2 Å². The van der Waals surface area contributed by atoms with Crippen LogP contribution in [0.15, 0.2) is 36.8 Å². The summed E-state index contributed by atoms with van der Waals surface area (Å²) in [6, 6.07) is 3.05. The van der Waals surface area contributed by atoms with E-state index in [1.165, 1.54) is 0 Å². The van der Waals surface area contributed by atoms with Gasteiger partial charge in [-0.25, -0.2) is 23.7 Å². The summed E-state index contributed by atoms with van der Waals surface area (Å²) < 4.78 is 65.1. The van der Waals surface area contributed by atoms with Gasteiger partial charge in [-0.1, -0.05) is 11.6 Å². The van der Waals surface area contributed by atoms with Gasteiger partial charge in [0.15, 0.2) is 5.82 Å². The molecule has 8 nitrogen and oxygen atoms in total. The Morgan fingerprint density at radius 1 is 1.00 bits per heavy atom. The molecule has 0 saturated carbocycles. The lowest BCUT2D eigenvalue weighted by molar-refractivity contribution is -0.383. The van der Waals surface area contributed by atoms with Crippen molar-refractivity contribution in [3.8, 4) is 0 Å². The van der Waals surface area contributed by atoms with Crippen LogP contribution >= 0.6 is 11.6 Å². The normalized spacial score (nSPS) is 11.3. The van der Waals surface area contributed by atoms with Gasteiger partial charge in [0, 0.05) is 12.3 Å². The Morgan fingerprint density at radius 2 is 1.67 bits per heavy atom. The highest BCUT2D eigenvalue weighted by molar-refractivity contribution is 6.33. The van der Waals surface area contributed by atoms with E-state index in [-0.39, 0.29) is 11.5 Å². The van der Waals surface area contributed by atoms with Gasteiger partial charge in [-0.05, 0) is 18.2 Å². The van der Waals surface area contributed by atoms with Crippen LogP contribution in [0.3, 0.4) is 0 Å². The van der Waals surface area contributed by atoms with Gasteiger partial charge < -0.3 is 10.6 Å². The second kappa shape index (κ2) is 8.02. The van der Waals surface area contributed by atoms with Crippen molar-refractivity contribution < 1.29 is 26.9 Å². The first kappa shape index (κ1) is 21.1. The van der Waals surface area contributed by atoms with Gasteiger partial charge in [0.1, 0.15) is 18.0 Å². The standard InChI is InChI=1S/C16H8ClF5N6O2/c17-9-3-7(16(20,21)22)5-23-13(9)27-15-12(28(29)30)14(24-6-25-15)26-11-2-1-8(18)4-10(11)19/h1-6H,(H2,23,24,25,26,27). The van der Waals surface area contributed by atoms with Gasteiger partial charge in [-0.15, -0.1) is 0 Å². The molecule has 0 amide bonds. The molecule has 0 aliphatic heterocycles. The summed E-state index contributed by atoms with van der Waals surface area (Å²) in [7, 11) is 0. The topological polar surface area (TPSA) is 106 Å². The summed E-state index contributed by atoms with van der Waals surface area (Å²) >= 11 is 5.78. The van der Waals surface area contributed by atoms with Gasteiger partial charge in [0.2, 0.25) is 11.6 Å². The number of benzene rings is 1. The monoisotopic (exact) mass is 446 g/mol. The molecule has 0 bridgehead atoms. The van der Waals surface area contributed by atoms with Crippen LogP contribution in [0.2, 0.25) is 5.02 Å². The number of pyridine rings is 1. The Bertz CT molecular complexity index is 1130. The van der Waals surface area contributed by atoms with E-state index in [0.717, 1.165) is 18.5 Å². The molecule has 156 valence electrons. The summed E-state index contributed by atoms with van der Waals surface area (Å²) in [4.78, 5) is 21.5. The zero-order valence-corrected chi connectivity index (χ0v) is 15.1. The van der Waals surface area contributed by atoms with E-state index in [2.05, 4.69) is 25.6 Å². The molecule has 0 aliphatic carbocycles. The van der Waals surface area contributed by atoms with Gasteiger partial charge in [0.25, 0.3) is 0 Å². The minimum absolute atomic E-state index is 0.310. The number of aromatic nitrogens is 3. The van der Waals surface area contributed by atoms with Crippen molar-refractivity contribution in [2.24, 2.45) is 0 Å². The molecular formula is C16H8ClF5N6O2. The van der Waals surface area contributed by atoms with Crippen molar-refractivity contribution in [3.63, 3.8) is 0 Å². The van der Waals surface area contributed by atoms with Crippen LogP contribution in [-0.4, -0.2) is 19.9 Å². The molecule has 0 saturated heterocycles. The maximum atomic E-state index is 13.9. The molecule has 14 heteroatoms. The Kier molecular flexibility index (Phi) is 5.64. The smallest absolute Gasteiger partial charge is 0.332 e. The number of nitrogens with one attached hydrogen (secondary N) is 2. The van der Waals surface area contributed by atoms with Gasteiger partial charge >= 0.3 is 11.9 Å². The number of nitrogens with zero attached hydrogens (tertiary/aromatic N) is 4. The summed E-state index contributed by atoms with van der Waals surface area (Å²) in [5.74, 6) is -3.18. The minimum Gasteiger partial charge on any atom is -0.332 e. The minimum atomic E-state index is -4.69. The lowest BCUT2D eigenvalue weighted by atomic mass is 10.2. The highest BCUT2D eigenvalue weighted by Crippen LogP contribution is 2.36. The average molecular weight is 447 g/mol. The average Bonchev–Trinajstić information content (AvgIpc) is 2.64. The molecule has 30 heavy (non-hydrogen) atoms. The molecule has 2 heterocycles. The van der Waals surface area contributed by atoms with Crippen molar-refractivity contribution in [1.82, 2.24) is 15.0 Å². The quantitative estimate of drug-likeness (QED) is 0.314. The van der Waals surface area contributed by atoms with E-state index in [0.29, 0.717) is 18.3 Å². The largest absolute Gasteiger partial charge is 0.417 e. The van der Waals surface area contributed by atoms with Crippen LogP contribution < -0.4 is 10.6 Å². The number of rotatable bonds is 5. The molecule has 0 fully saturated rings. The third-order valence-electron chi connectivity index (χ3n) is 3.59. The number of nitro groups is 1. The van der Waals surface area contributed by atoms with E-state index < -0.39 is 50.6 Å². The molecule has 2 N–H and O–H groups in total. The van der Waals surface area contributed by atoms with Gasteiger partial charge in [-0.3, -0.25) is 10.1 Å². The fourth-order valence-corrected chi connectivity index (χ4v) is 2.46. The molecule has 0 atom stereocenters. The third-order valence-corrected chi connectivity index (χ3v) is 3.88. The van der Waals surface area contributed by atoms with E-state index in [1.807, 2.05) is 0 Å². The lowest BCUT2D eigenvalue weighted by Crippen LogP contribution is -2.09. The zero-order valence-electron chi connectivity index (χ0n) is 14.3. The molecule has 3 aromatic rings. The molecule has 0 radical (unpaired) electrons. The van der Waals surface area contributed by atoms with Gasteiger partial charge in [0.05, 0.1) is 21.2 Å². The van der Waals surface area contributed by atoms with Crippen molar-refractivity contribution in [2.75, 3.05) is 10.6 Å². The maximum Gasteiger partial charge on any atom is 0.417 e. The fourth-order valence-electron chi connectivity index (χ4n) is 2.25. The molecule has 0 spiro atoms. The van der Waals surface area contributed by atoms with Crippen molar-refractivity contribution in [3.05, 3.63) is 69.1 Å². The number of hydrogen-bond donors (Lipinski definition) is 2. The Balaban J connectivity index is 1.98. The number of alkyl halides is 3. The van der Waals surface area contributed by atoms with Crippen LogP contribution in [-0.2, 0) is 6.18 Å². The predicted octanol–water partition coefficient (Wildman–Crippen LogP) is 5.22. The van der Waals surface area contributed by atoms with Crippen molar-refractivity contribution in [1.29, 1.82) is 0 Å². The summed E-state index contributed by atoms with van der Waals surface area (Å²) in [6.45, 7) is 0. The second-order valence-electron chi connectivity index (χ2n) is 5.60. The molecule has 2 aromatic heterocycles. The van der Waals surface area contributed by atoms with E-state index >= 15 is 0 Å². The lowest BCUT2D eigenvalue weighted by Gasteiger charge is -2.12. The highest BCUT2D eigenvalue weighted by atomic mass is 35.5. The summed E-state index contributed by atoms with van der Waals surface area (Å²) in [5, 5.41) is 15.7. The first-order chi connectivity index (χ1) is 14.1. The highest BCUT2D eigenvalue weighted by Gasteiger charge is 2.32. The zero-order chi connectivity index (χ0) is 22.1. The number of halogens is 6. The first-order valence-electron chi connectivity index (χ1n) is 7.77. The second-order valence-corrected chi connectivity index (χ2v) is 6.01. The molecule has 0 aliphatic rings. The first-order valence-corrected chi connectivity index (χ1v) is 8.15. The van der Waals surface area contributed by atoms with Crippen LogP contribution in [0.5, 0.6) is 0 Å². The van der Waals surface area contributed by atoms with Crippen LogP contribution in [0.1, 0.15) is 5.56 Å². The molecule has 3 rings (SSSR count). The Morgan fingerprint density at radius 3 is 2.23 bits per heavy atom. The predicted molar refractivity (Wildman–Crippen MR) is 95.9 cm³/mol. The van der Waals surface area contributed by atoms with Crippen LogP contribution in [0.25, 0.3) is 0 Å². The molecule has 1 aromatic carbocycles. The Hall–Kier alpha value is -3.61. The SMILES string of the molecule is O=[N+]([O-])c1c(Nc2ccc(F)cc2F)ncnc1Nc1ncc(C(F)(F)F)cc1Cl. The molecular weight excluding hydrogens is 439 g/mol. The summed E-state index contributed by atoms with van der Waals surface area (Å²) in [5.41, 5.74) is -2.21. The third kappa shape index (κ3) is 4.51. The molecule has 0 unspecified atom stereocenters. The number of anilines is 4. The van der Waals surface area contributed by atoms with E-state index in [4.69, 9.17) is 11.6 Å². The maximum absolute atomic E-state index is 13.9. The van der Waals surface area contributed by atoms with E-state index in [9.17, 15) is 32.1 Å². The van der Waals surface area contributed by atoms with Crippen molar-refractivity contribution >= 4 is 40.4 Å². The van der Waals surface area contributed by atoms with Crippen LogP contribution in [0.4, 0.5) is 50.8 Å². The summed E-state index contributed by atoms with van der Waals surface area (Å²) in [6.07, 6.45) is -3.34. The Labute approximate surface area is 168 Å². The number of hydrogen-bond acceptors (Lipinski definition) is 7. The van der Waals surface area contributed by atoms with E-state index in [1.54, 1.807) is 0 Å². The fraction of sp³-hybridized carbons (Fsp3) is 0.0625. The van der Waals surface area contributed by atoms with Crippen LogP contribution in [0, 0.1) is 21.7 Å².